The fourth-order valence-electron chi connectivity index (χ4n) is 4.91. The van der Waals surface area contributed by atoms with Crippen LogP contribution in [0.3, 0.4) is 0 Å². The van der Waals surface area contributed by atoms with Crippen LogP contribution in [0.25, 0.3) is 11.6 Å². The summed E-state index contributed by atoms with van der Waals surface area (Å²) in [6, 6.07) is 2.61. The van der Waals surface area contributed by atoms with Crippen LogP contribution in [0.2, 0.25) is 0 Å². The normalized spacial score (nSPS) is 20.4. The first-order valence-corrected chi connectivity index (χ1v) is 12.2. The van der Waals surface area contributed by atoms with Crippen molar-refractivity contribution >= 4 is 41.0 Å². The zero-order valence-corrected chi connectivity index (χ0v) is 21.1. The fraction of sp³-hybridized carbons (Fsp3) is 0.385. The molecule has 3 atom stereocenters. The van der Waals surface area contributed by atoms with E-state index >= 15 is 0 Å². The molecule has 4 rings (SSSR count). The number of benzene rings is 1. The highest BCUT2D eigenvalue weighted by Gasteiger charge is 2.43. The average Bonchev–Trinajstić information content (AvgIpc) is 3.49. The summed E-state index contributed by atoms with van der Waals surface area (Å²) in [5.41, 5.74) is 3.00. The zero-order valence-electron chi connectivity index (χ0n) is 21.1. The summed E-state index contributed by atoms with van der Waals surface area (Å²) in [5, 5.41) is 24.7. The van der Waals surface area contributed by atoms with Crippen molar-refractivity contribution in [3.8, 4) is 0 Å². The van der Waals surface area contributed by atoms with Crippen molar-refractivity contribution in [1.82, 2.24) is 15.2 Å². The number of amides is 3. The number of hydrogen-bond acceptors (Lipinski definition) is 6. The molecule has 2 aliphatic heterocycles. The molecule has 38 heavy (non-hydrogen) atoms. The molecule has 1 aromatic carbocycles. The predicted molar refractivity (Wildman–Crippen MR) is 135 cm³/mol. The summed E-state index contributed by atoms with van der Waals surface area (Å²) in [6.45, 7) is 5.02. The van der Waals surface area contributed by atoms with Gasteiger partial charge in [0.2, 0.25) is 0 Å². The Balaban J connectivity index is 1.52. The first-order valence-electron chi connectivity index (χ1n) is 12.2. The van der Waals surface area contributed by atoms with Crippen LogP contribution < -0.4 is 10.6 Å². The number of carboxylic acid groups (broad SMARTS) is 1. The molecule has 1 aromatic heterocycles. The number of hydrogen-bond donors (Lipinski definition) is 5. The SMILES string of the molecule is CCOC(CNC(=O)c1c(C)[nH]c(/C=C2\C(=O)Nc3ccc(F)cc32)c1C)C(=O)N1CCC(O)C1C(=O)O. The predicted octanol–water partition coefficient (Wildman–Crippen LogP) is 1.44. The molecular weight excluding hydrogens is 499 g/mol. The van der Waals surface area contributed by atoms with Gasteiger partial charge in [0.05, 0.1) is 23.8 Å². The Bertz CT molecular complexity index is 1340. The van der Waals surface area contributed by atoms with Crippen LogP contribution in [0.5, 0.6) is 0 Å². The molecule has 0 aliphatic carbocycles. The molecule has 3 unspecified atom stereocenters. The summed E-state index contributed by atoms with van der Waals surface area (Å²) in [7, 11) is 0. The van der Waals surface area contributed by atoms with Crippen LogP contribution in [0.4, 0.5) is 10.1 Å². The lowest BCUT2D eigenvalue weighted by Crippen LogP contribution is -2.52. The molecule has 5 N–H and O–H groups in total. The number of carboxylic acids is 1. The number of aromatic nitrogens is 1. The maximum absolute atomic E-state index is 13.8. The van der Waals surface area contributed by atoms with Crippen molar-refractivity contribution < 1.29 is 38.5 Å². The smallest absolute Gasteiger partial charge is 0.329 e. The molecule has 2 aromatic rings. The molecule has 1 saturated heterocycles. The maximum Gasteiger partial charge on any atom is 0.329 e. The molecule has 11 nitrogen and oxygen atoms in total. The molecule has 2 aliphatic rings. The van der Waals surface area contributed by atoms with Gasteiger partial charge in [-0.05, 0) is 57.0 Å². The van der Waals surface area contributed by atoms with Gasteiger partial charge in [-0.25, -0.2) is 9.18 Å². The zero-order chi connectivity index (χ0) is 27.7. The topological polar surface area (TPSA) is 161 Å². The molecular formula is C26H29FN4O7. The van der Waals surface area contributed by atoms with Crippen LogP contribution in [0, 0.1) is 19.7 Å². The number of ether oxygens (including phenoxy) is 1. The van der Waals surface area contributed by atoms with E-state index in [2.05, 4.69) is 15.6 Å². The van der Waals surface area contributed by atoms with Gasteiger partial charge in [-0.3, -0.25) is 14.4 Å². The minimum absolute atomic E-state index is 0.0587. The third-order valence-corrected chi connectivity index (χ3v) is 6.75. The Kier molecular flexibility index (Phi) is 7.65. The van der Waals surface area contributed by atoms with Gasteiger partial charge >= 0.3 is 5.97 Å². The quantitative estimate of drug-likeness (QED) is 0.324. The Labute approximate surface area is 217 Å². The summed E-state index contributed by atoms with van der Waals surface area (Å²) in [5.74, 6) is -3.33. The Hall–Kier alpha value is -4.03. The van der Waals surface area contributed by atoms with E-state index in [1.807, 2.05) is 0 Å². The molecule has 0 saturated carbocycles. The number of aryl methyl sites for hydroxylation is 1. The largest absolute Gasteiger partial charge is 0.480 e. The van der Waals surface area contributed by atoms with E-state index < -0.39 is 47.8 Å². The van der Waals surface area contributed by atoms with Crippen LogP contribution in [0.15, 0.2) is 18.2 Å². The molecule has 202 valence electrons. The number of nitrogens with zero attached hydrogens (tertiary/aromatic N) is 1. The van der Waals surface area contributed by atoms with E-state index in [0.29, 0.717) is 33.8 Å². The van der Waals surface area contributed by atoms with E-state index in [1.165, 1.54) is 18.2 Å². The second-order valence-corrected chi connectivity index (χ2v) is 9.19. The van der Waals surface area contributed by atoms with Crippen LogP contribution >= 0.6 is 0 Å². The Morgan fingerprint density at radius 2 is 2.05 bits per heavy atom. The van der Waals surface area contributed by atoms with Crippen LogP contribution in [-0.4, -0.2) is 81.7 Å². The first-order chi connectivity index (χ1) is 18.0. The van der Waals surface area contributed by atoms with Gasteiger partial charge in [-0.15, -0.1) is 0 Å². The van der Waals surface area contributed by atoms with Gasteiger partial charge < -0.3 is 35.5 Å². The second-order valence-electron chi connectivity index (χ2n) is 9.19. The number of aliphatic hydroxyl groups excluding tert-OH is 1. The standard InChI is InChI=1S/C26H29FN4O7/c1-4-38-20(25(35)31-8-7-19(32)22(31)26(36)37)11-28-24(34)21-12(2)18(29-13(21)3)10-16-15-9-14(27)5-6-17(15)30-23(16)33/h5-6,9-10,19-20,22,29,32H,4,7-8,11H2,1-3H3,(H,28,34)(H,30,33)(H,36,37)/b16-10-. The number of nitrogens with one attached hydrogen (secondary N) is 3. The fourth-order valence-corrected chi connectivity index (χ4v) is 4.91. The number of rotatable bonds is 8. The third-order valence-electron chi connectivity index (χ3n) is 6.75. The summed E-state index contributed by atoms with van der Waals surface area (Å²) in [4.78, 5) is 54.3. The number of carbonyl (C=O) groups excluding carboxylic acids is 3. The highest BCUT2D eigenvalue weighted by atomic mass is 19.1. The minimum Gasteiger partial charge on any atom is -0.480 e. The van der Waals surface area contributed by atoms with Gasteiger partial charge in [0, 0.05) is 35.8 Å². The summed E-state index contributed by atoms with van der Waals surface area (Å²) in [6.07, 6.45) is -0.651. The van der Waals surface area contributed by atoms with Gasteiger partial charge in [0.15, 0.2) is 12.1 Å². The maximum atomic E-state index is 13.8. The number of likely N-dealkylation sites (tertiary alicyclic amines) is 1. The number of aromatic amines is 1. The van der Waals surface area contributed by atoms with Crippen LogP contribution in [0.1, 0.15) is 46.2 Å². The number of H-pyrrole nitrogens is 1. The van der Waals surface area contributed by atoms with E-state index in [-0.39, 0.29) is 31.7 Å². The second kappa shape index (κ2) is 10.8. The lowest BCUT2D eigenvalue weighted by atomic mass is 10.0. The monoisotopic (exact) mass is 528 g/mol. The molecule has 1 fully saturated rings. The van der Waals surface area contributed by atoms with Crippen molar-refractivity contribution in [1.29, 1.82) is 0 Å². The lowest BCUT2D eigenvalue weighted by molar-refractivity contribution is -0.156. The summed E-state index contributed by atoms with van der Waals surface area (Å²) < 4.78 is 19.3. The third kappa shape index (κ3) is 5.04. The summed E-state index contributed by atoms with van der Waals surface area (Å²) >= 11 is 0. The van der Waals surface area contributed by atoms with E-state index in [9.17, 15) is 33.8 Å². The van der Waals surface area contributed by atoms with Crippen LogP contribution in [-0.2, 0) is 19.1 Å². The van der Waals surface area contributed by atoms with Gasteiger partial charge in [-0.1, -0.05) is 0 Å². The Morgan fingerprint density at radius 3 is 2.74 bits per heavy atom. The number of fused-ring (bicyclic) bond motifs is 1. The Morgan fingerprint density at radius 1 is 1.32 bits per heavy atom. The van der Waals surface area contributed by atoms with Crippen molar-refractivity contribution in [2.45, 2.75) is 45.4 Å². The lowest BCUT2D eigenvalue weighted by Gasteiger charge is -2.27. The number of halogens is 1. The highest BCUT2D eigenvalue weighted by molar-refractivity contribution is 6.34. The van der Waals surface area contributed by atoms with Crippen molar-refractivity contribution in [2.75, 3.05) is 25.0 Å². The molecule has 3 heterocycles. The van der Waals surface area contributed by atoms with E-state index in [0.717, 1.165) is 4.90 Å². The van der Waals surface area contributed by atoms with Gasteiger partial charge in [0.25, 0.3) is 17.7 Å². The average molecular weight is 529 g/mol. The molecule has 0 spiro atoms. The highest BCUT2D eigenvalue weighted by Crippen LogP contribution is 2.34. The minimum atomic E-state index is -1.38. The van der Waals surface area contributed by atoms with Crippen molar-refractivity contribution in [2.24, 2.45) is 0 Å². The number of aliphatic hydroxyl groups is 1. The molecule has 0 radical (unpaired) electrons. The first kappa shape index (κ1) is 27.0. The molecule has 0 bridgehead atoms. The number of aliphatic carboxylic acids is 1. The van der Waals surface area contributed by atoms with Gasteiger partial charge in [-0.2, -0.15) is 0 Å². The van der Waals surface area contributed by atoms with Crippen molar-refractivity contribution in [3.63, 3.8) is 0 Å². The number of anilines is 1. The van der Waals surface area contributed by atoms with E-state index in [4.69, 9.17) is 4.74 Å². The van der Waals surface area contributed by atoms with E-state index in [1.54, 1.807) is 26.8 Å². The molecule has 3 amide bonds. The number of carbonyl (C=O) groups is 4. The molecule has 12 heteroatoms. The van der Waals surface area contributed by atoms with Gasteiger partial charge in [0.1, 0.15) is 5.82 Å². The van der Waals surface area contributed by atoms with Crippen molar-refractivity contribution in [3.05, 3.63) is 52.1 Å².